The number of benzene rings is 1. The standard InChI is InChI=1S/C18H25NO2/c1-6-11-20-16-9-7-15(8-10-16)18(19-5)17-12(2)13(3)21-14(17)4/h7-10,18-19H,6,11H2,1-5H3. The number of nitrogens with one attached hydrogen (secondary N) is 1. The van der Waals surface area contributed by atoms with Crippen molar-refractivity contribution in [2.75, 3.05) is 13.7 Å². The van der Waals surface area contributed by atoms with Crippen LogP contribution in [0.5, 0.6) is 5.75 Å². The summed E-state index contributed by atoms with van der Waals surface area (Å²) in [6, 6.07) is 8.45. The lowest BCUT2D eigenvalue weighted by molar-refractivity contribution is 0.317. The summed E-state index contributed by atoms with van der Waals surface area (Å²) in [5.41, 5.74) is 3.67. The third-order valence-electron chi connectivity index (χ3n) is 3.88. The fraction of sp³-hybridized carbons (Fsp3) is 0.444. The van der Waals surface area contributed by atoms with E-state index in [2.05, 4.69) is 31.3 Å². The minimum Gasteiger partial charge on any atom is -0.494 e. The monoisotopic (exact) mass is 287 g/mol. The van der Waals surface area contributed by atoms with Crippen LogP contribution in [0.1, 0.15) is 47.6 Å². The average molecular weight is 287 g/mol. The van der Waals surface area contributed by atoms with Crippen molar-refractivity contribution in [1.29, 1.82) is 0 Å². The molecule has 0 aliphatic heterocycles. The van der Waals surface area contributed by atoms with E-state index in [1.807, 2.05) is 33.0 Å². The average Bonchev–Trinajstić information content (AvgIpc) is 2.74. The van der Waals surface area contributed by atoms with Gasteiger partial charge in [-0.2, -0.15) is 0 Å². The molecule has 0 saturated heterocycles. The maximum Gasteiger partial charge on any atom is 0.119 e. The van der Waals surface area contributed by atoms with Gasteiger partial charge in [-0.25, -0.2) is 0 Å². The van der Waals surface area contributed by atoms with Crippen LogP contribution in [-0.2, 0) is 0 Å². The molecule has 1 N–H and O–H groups in total. The van der Waals surface area contributed by atoms with Gasteiger partial charge in [0.1, 0.15) is 17.3 Å². The van der Waals surface area contributed by atoms with Gasteiger partial charge in [0.25, 0.3) is 0 Å². The summed E-state index contributed by atoms with van der Waals surface area (Å²) in [5, 5.41) is 3.39. The molecule has 3 heteroatoms. The Balaban J connectivity index is 2.29. The molecule has 0 bridgehead atoms. The minimum atomic E-state index is 0.141. The van der Waals surface area contributed by atoms with E-state index in [-0.39, 0.29) is 6.04 Å². The molecule has 0 amide bonds. The van der Waals surface area contributed by atoms with E-state index in [0.29, 0.717) is 0 Å². The molecular weight excluding hydrogens is 262 g/mol. The molecule has 3 nitrogen and oxygen atoms in total. The maximum atomic E-state index is 5.76. The second kappa shape index (κ2) is 6.81. The van der Waals surface area contributed by atoms with Gasteiger partial charge in [0, 0.05) is 5.56 Å². The lowest BCUT2D eigenvalue weighted by Gasteiger charge is -2.18. The second-order valence-electron chi connectivity index (χ2n) is 5.39. The highest BCUT2D eigenvalue weighted by molar-refractivity contribution is 5.41. The molecule has 21 heavy (non-hydrogen) atoms. The first kappa shape index (κ1) is 15.6. The van der Waals surface area contributed by atoms with E-state index in [1.54, 1.807) is 0 Å². The Bertz CT molecular complexity index is 584. The van der Waals surface area contributed by atoms with Gasteiger partial charge in [0.15, 0.2) is 0 Å². The summed E-state index contributed by atoms with van der Waals surface area (Å²) >= 11 is 0. The molecule has 0 saturated carbocycles. The van der Waals surface area contributed by atoms with Crippen LogP contribution >= 0.6 is 0 Å². The summed E-state index contributed by atoms with van der Waals surface area (Å²) in [5.74, 6) is 2.90. The molecule has 1 aromatic carbocycles. The Morgan fingerprint density at radius 2 is 1.76 bits per heavy atom. The van der Waals surface area contributed by atoms with Crippen LogP contribution in [0.3, 0.4) is 0 Å². The van der Waals surface area contributed by atoms with Crippen LogP contribution in [0.2, 0.25) is 0 Å². The fourth-order valence-electron chi connectivity index (χ4n) is 2.69. The smallest absolute Gasteiger partial charge is 0.119 e. The molecular formula is C18H25NO2. The molecule has 2 aromatic rings. The number of ether oxygens (including phenoxy) is 1. The zero-order chi connectivity index (χ0) is 15.4. The quantitative estimate of drug-likeness (QED) is 0.860. The Kier molecular flexibility index (Phi) is 5.07. The molecule has 1 atom stereocenters. The summed E-state index contributed by atoms with van der Waals surface area (Å²) in [7, 11) is 1.98. The van der Waals surface area contributed by atoms with Gasteiger partial charge in [-0.15, -0.1) is 0 Å². The van der Waals surface area contributed by atoms with Crippen LogP contribution in [0.4, 0.5) is 0 Å². The third kappa shape index (κ3) is 3.30. The van der Waals surface area contributed by atoms with Crippen molar-refractivity contribution in [3.8, 4) is 5.75 Å². The molecule has 0 aliphatic carbocycles. The lowest BCUT2D eigenvalue weighted by atomic mass is 9.95. The first-order chi connectivity index (χ1) is 10.1. The highest BCUT2D eigenvalue weighted by Gasteiger charge is 2.21. The van der Waals surface area contributed by atoms with Gasteiger partial charge in [-0.05, 0) is 57.5 Å². The largest absolute Gasteiger partial charge is 0.494 e. The van der Waals surface area contributed by atoms with Crippen LogP contribution in [0, 0.1) is 20.8 Å². The minimum absolute atomic E-state index is 0.141. The fourth-order valence-corrected chi connectivity index (χ4v) is 2.69. The van der Waals surface area contributed by atoms with Crippen molar-refractivity contribution < 1.29 is 9.15 Å². The zero-order valence-corrected chi connectivity index (χ0v) is 13.6. The molecule has 0 aliphatic rings. The van der Waals surface area contributed by atoms with E-state index in [9.17, 15) is 0 Å². The molecule has 1 unspecified atom stereocenters. The number of furan rings is 1. The molecule has 0 spiro atoms. The van der Waals surface area contributed by atoms with Gasteiger partial charge in [0.2, 0.25) is 0 Å². The molecule has 1 heterocycles. The first-order valence-electron chi connectivity index (χ1n) is 7.55. The number of rotatable bonds is 6. The summed E-state index contributed by atoms with van der Waals surface area (Å²) < 4.78 is 11.4. The predicted octanol–water partition coefficient (Wildman–Crippen LogP) is 4.30. The maximum absolute atomic E-state index is 5.76. The van der Waals surface area contributed by atoms with Crippen LogP contribution in [-0.4, -0.2) is 13.7 Å². The van der Waals surface area contributed by atoms with Crippen molar-refractivity contribution in [2.45, 2.75) is 40.2 Å². The van der Waals surface area contributed by atoms with Gasteiger partial charge < -0.3 is 14.5 Å². The Morgan fingerprint density at radius 1 is 1.10 bits per heavy atom. The summed E-state index contributed by atoms with van der Waals surface area (Å²) in [4.78, 5) is 0. The van der Waals surface area contributed by atoms with Gasteiger partial charge >= 0.3 is 0 Å². The van der Waals surface area contributed by atoms with Gasteiger partial charge in [-0.1, -0.05) is 19.1 Å². The van der Waals surface area contributed by atoms with Crippen molar-refractivity contribution in [1.82, 2.24) is 5.32 Å². The zero-order valence-electron chi connectivity index (χ0n) is 13.6. The van der Waals surface area contributed by atoms with E-state index >= 15 is 0 Å². The third-order valence-corrected chi connectivity index (χ3v) is 3.88. The number of aryl methyl sites for hydroxylation is 2. The number of hydrogen-bond acceptors (Lipinski definition) is 3. The molecule has 0 radical (unpaired) electrons. The van der Waals surface area contributed by atoms with E-state index in [4.69, 9.17) is 9.15 Å². The number of hydrogen-bond donors (Lipinski definition) is 1. The first-order valence-corrected chi connectivity index (χ1v) is 7.55. The predicted molar refractivity (Wildman–Crippen MR) is 86.0 cm³/mol. The van der Waals surface area contributed by atoms with E-state index in [1.165, 1.54) is 16.7 Å². The molecule has 0 fully saturated rings. The van der Waals surface area contributed by atoms with Crippen molar-refractivity contribution >= 4 is 0 Å². The van der Waals surface area contributed by atoms with Gasteiger partial charge in [-0.3, -0.25) is 0 Å². The SMILES string of the molecule is CCCOc1ccc(C(NC)c2c(C)oc(C)c2C)cc1. The molecule has 1 aromatic heterocycles. The topological polar surface area (TPSA) is 34.4 Å². The second-order valence-corrected chi connectivity index (χ2v) is 5.39. The summed E-state index contributed by atoms with van der Waals surface area (Å²) in [6.07, 6.45) is 1.02. The molecule has 114 valence electrons. The van der Waals surface area contributed by atoms with Crippen LogP contribution in [0.25, 0.3) is 0 Å². The Hall–Kier alpha value is -1.74. The lowest BCUT2D eigenvalue weighted by Crippen LogP contribution is -2.18. The van der Waals surface area contributed by atoms with Crippen molar-refractivity contribution in [3.63, 3.8) is 0 Å². The Labute approximate surface area is 127 Å². The van der Waals surface area contributed by atoms with Crippen LogP contribution in [0.15, 0.2) is 28.7 Å². The Morgan fingerprint density at radius 3 is 2.24 bits per heavy atom. The van der Waals surface area contributed by atoms with E-state index < -0.39 is 0 Å². The van der Waals surface area contributed by atoms with E-state index in [0.717, 1.165) is 30.3 Å². The molecule has 2 rings (SSSR count). The van der Waals surface area contributed by atoms with Gasteiger partial charge in [0.05, 0.1) is 12.6 Å². The van der Waals surface area contributed by atoms with Crippen molar-refractivity contribution in [3.05, 3.63) is 52.5 Å². The summed E-state index contributed by atoms with van der Waals surface area (Å²) in [6.45, 7) is 9.02. The van der Waals surface area contributed by atoms with Crippen molar-refractivity contribution in [2.24, 2.45) is 0 Å². The normalized spacial score (nSPS) is 12.4. The highest BCUT2D eigenvalue weighted by Crippen LogP contribution is 2.31. The highest BCUT2D eigenvalue weighted by atomic mass is 16.5. The van der Waals surface area contributed by atoms with Crippen LogP contribution < -0.4 is 10.1 Å².